The highest BCUT2D eigenvalue weighted by molar-refractivity contribution is 5.43. The zero-order valence-electron chi connectivity index (χ0n) is 13.1. The Kier molecular flexibility index (Phi) is 6.13. The molecule has 114 valence electrons. The fourth-order valence-corrected chi connectivity index (χ4v) is 2.81. The van der Waals surface area contributed by atoms with E-state index in [2.05, 4.69) is 31.2 Å². The van der Waals surface area contributed by atoms with Crippen molar-refractivity contribution < 1.29 is 4.92 Å². The van der Waals surface area contributed by atoms with Gasteiger partial charge in [0.2, 0.25) is 0 Å². The average Bonchev–Trinajstić information content (AvgIpc) is 2.68. The molecule has 0 spiro atoms. The van der Waals surface area contributed by atoms with Crippen LogP contribution in [-0.4, -0.2) is 27.3 Å². The molecule has 0 saturated heterocycles. The highest BCUT2D eigenvalue weighted by Crippen LogP contribution is 2.34. The van der Waals surface area contributed by atoms with Crippen LogP contribution in [-0.2, 0) is 6.54 Å². The Morgan fingerprint density at radius 1 is 1.40 bits per heavy atom. The van der Waals surface area contributed by atoms with Crippen LogP contribution < -0.4 is 5.32 Å². The highest BCUT2D eigenvalue weighted by Gasteiger charge is 2.32. The maximum Gasteiger partial charge on any atom is 0.313 e. The molecular weight excluding hydrogens is 256 g/mol. The molecule has 1 heterocycles. The summed E-state index contributed by atoms with van der Waals surface area (Å²) in [4.78, 5) is 11.1. The third-order valence-corrected chi connectivity index (χ3v) is 3.67. The number of likely N-dealkylation sites (N-methyl/N-ethyl adjacent to an activating group) is 1. The van der Waals surface area contributed by atoms with Crippen LogP contribution in [0.3, 0.4) is 0 Å². The fourth-order valence-electron chi connectivity index (χ4n) is 2.81. The van der Waals surface area contributed by atoms with E-state index >= 15 is 0 Å². The molecule has 0 aliphatic carbocycles. The van der Waals surface area contributed by atoms with Gasteiger partial charge in [0, 0.05) is 18.5 Å². The first-order valence-corrected chi connectivity index (χ1v) is 7.42. The van der Waals surface area contributed by atoms with Crippen molar-refractivity contribution in [2.45, 2.75) is 66.0 Å². The van der Waals surface area contributed by atoms with Crippen molar-refractivity contribution in [1.29, 1.82) is 0 Å². The van der Waals surface area contributed by atoms with E-state index in [0.717, 1.165) is 31.6 Å². The van der Waals surface area contributed by atoms with Gasteiger partial charge in [0.25, 0.3) is 0 Å². The standard InChI is InChI=1S/C14H26N4O2/c1-6-9-17-14(12(7-2)10(4)15-8-3)13(18(19)20)11(5)16-17/h10,12,15H,6-9H2,1-5H3. The van der Waals surface area contributed by atoms with Crippen molar-refractivity contribution in [3.8, 4) is 0 Å². The fraction of sp³-hybridized carbons (Fsp3) is 0.786. The Balaban J connectivity index is 3.32. The van der Waals surface area contributed by atoms with Crippen LogP contribution in [0.4, 0.5) is 5.69 Å². The minimum Gasteiger partial charge on any atom is -0.314 e. The first-order valence-electron chi connectivity index (χ1n) is 7.42. The Bertz CT molecular complexity index is 456. The predicted molar refractivity (Wildman–Crippen MR) is 80.1 cm³/mol. The molecular formula is C14H26N4O2. The van der Waals surface area contributed by atoms with E-state index in [9.17, 15) is 10.1 Å². The Morgan fingerprint density at radius 2 is 2.05 bits per heavy atom. The van der Waals surface area contributed by atoms with Gasteiger partial charge >= 0.3 is 5.69 Å². The van der Waals surface area contributed by atoms with Gasteiger partial charge in [0.15, 0.2) is 0 Å². The number of rotatable bonds is 8. The molecule has 1 rings (SSSR count). The third-order valence-electron chi connectivity index (χ3n) is 3.67. The molecule has 0 aromatic carbocycles. The molecule has 0 aliphatic heterocycles. The summed E-state index contributed by atoms with van der Waals surface area (Å²) in [6.45, 7) is 11.6. The lowest BCUT2D eigenvalue weighted by atomic mass is 9.93. The van der Waals surface area contributed by atoms with Crippen molar-refractivity contribution in [1.82, 2.24) is 15.1 Å². The van der Waals surface area contributed by atoms with Crippen molar-refractivity contribution in [2.75, 3.05) is 6.54 Å². The van der Waals surface area contributed by atoms with Crippen molar-refractivity contribution in [2.24, 2.45) is 0 Å². The zero-order valence-corrected chi connectivity index (χ0v) is 13.1. The number of nitro groups is 1. The van der Waals surface area contributed by atoms with Gasteiger partial charge in [-0.3, -0.25) is 14.8 Å². The Morgan fingerprint density at radius 3 is 2.50 bits per heavy atom. The smallest absolute Gasteiger partial charge is 0.313 e. The molecule has 2 unspecified atom stereocenters. The summed E-state index contributed by atoms with van der Waals surface area (Å²) >= 11 is 0. The average molecular weight is 282 g/mol. The van der Waals surface area contributed by atoms with Gasteiger partial charge in [-0.05, 0) is 33.2 Å². The lowest BCUT2D eigenvalue weighted by molar-refractivity contribution is -0.386. The Labute approximate surface area is 120 Å². The summed E-state index contributed by atoms with van der Waals surface area (Å²) in [6.07, 6.45) is 1.77. The number of nitrogens with zero attached hydrogens (tertiary/aromatic N) is 3. The van der Waals surface area contributed by atoms with Crippen LogP contribution in [0.5, 0.6) is 0 Å². The monoisotopic (exact) mass is 282 g/mol. The van der Waals surface area contributed by atoms with Gasteiger partial charge in [0.05, 0.1) is 4.92 Å². The topological polar surface area (TPSA) is 73.0 Å². The molecule has 0 amide bonds. The summed E-state index contributed by atoms with van der Waals surface area (Å²) in [7, 11) is 0. The predicted octanol–water partition coefficient (Wildman–Crippen LogP) is 3.00. The van der Waals surface area contributed by atoms with E-state index in [1.807, 2.05) is 11.6 Å². The van der Waals surface area contributed by atoms with Crippen molar-refractivity contribution in [3.05, 3.63) is 21.5 Å². The summed E-state index contributed by atoms with van der Waals surface area (Å²) in [5.41, 5.74) is 1.47. The molecule has 2 atom stereocenters. The SMILES string of the molecule is CCCn1nc(C)c([N+](=O)[O-])c1C(CC)C(C)NCC. The highest BCUT2D eigenvalue weighted by atomic mass is 16.6. The van der Waals surface area contributed by atoms with Gasteiger partial charge in [0.1, 0.15) is 11.4 Å². The van der Waals surface area contributed by atoms with Crippen LogP contribution >= 0.6 is 0 Å². The lowest BCUT2D eigenvalue weighted by Gasteiger charge is -2.23. The minimum absolute atomic E-state index is 0.100. The second kappa shape index (κ2) is 7.38. The van der Waals surface area contributed by atoms with Crippen LogP contribution in [0.1, 0.15) is 57.8 Å². The second-order valence-corrected chi connectivity index (χ2v) is 5.16. The summed E-state index contributed by atoms with van der Waals surface area (Å²) in [5.74, 6) is 0.100. The van der Waals surface area contributed by atoms with Crippen LogP contribution in [0, 0.1) is 17.0 Å². The summed E-state index contributed by atoms with van der Waals surface area (Å²) in [5, 5.41) is 19.1. The first kappa shape index (κ1) is 16.6. The molecule has 0 aliphatic rings. The summed E-state index contributed by atoms with van der Waals surface area (Å²) in [6, 6.07) is 0.190. The molecule has 1 N–H and O–H groups in total. The maximum absolute atomic E-state index is 11.4. The van der Waals surface area contributed by atoms with Gasteiger partial charge in [-0.25, -0.2) is 0 Å². The normalized spacial score (nSPS) is 14.2. The van der Waals surface area contributed by atoms with Gasteiger partial charge < -0.3 is 5.32 Å². The lowest BCUT2D eigenvalue weighted by Crippen LogP contribution is -2.33. The molecule has 0 fully saturated rings. The number of nitrogens with one attached hydrogen (secondary N) is 1. The molecule has 0 saturated carbocycles. The van der Waals surface area contributed by atoms with Crippen LogP contribution in [0.15, 0.2) is 0 Å². The second-order valence-electron chi connectivity index (χ2n) is 5.16. The van der Waals surface area contributed by atoms with Crippen molar-refractivity contribution in [3.63, 3.8) is 0 Å². The van der Waals surface area contributed by atoms with E-state index in [4.69, 9.17) is 0 Å². The van der Waals surface area contributed by atoms with Crippen LogP contribution in [0.25, 0.3) is 0 Å². The van der Waals surface area contributed by atoms with E-state index in [1.54, 1.807) is 6.92 Å². The molecule has 6 heteroatoms. The van der Waals surface area contributed by atoms with E-state index < -0.39 is 0 Å². The molecule has 6 nitrogen and oxygen atoms in total. The molecule has 0 radical (unpaired) electrons. The van der Waals surface area contributed by atoms with E-state index in [0.29, 0.717) is 5.69 Å². The Hall–Kier alpha value is -1.43. The van der Waals surface area contributed by atoms with Gasteiger partial charge in [-0.15, -0.1) is 0 Å². The number of hydrogen-bond donors (Lipinski definition) is 1. The molecule has 20 heavy (non-hydrogen) atoms. The van der Waals surface area contributed by atoms with Gasteiger partial charge in [-0.1, -0.05) is 20.8 Å². The number of aryl methyl sites for hydroxylation is 2. The van der Waals surface area contributed by atoms with Crippen molar-refractivity contribution >= 4 is 5.69 Å². The summed E-state index contributed by atoms with van der Waals surface area (Å²) < 4.78 is 1.83. The zero-order chi connectivity index (χ0) is 15.3. The third kappa shape index (κ3) is 3.36. The maximum atomic E-state index is 11.4. The van der Waals surface area contributed by atoms with Crippen LogP contribution in [0.2, 0.25) is 0 Å². The largest absolute Gasteiger partial charge is 0.314 e. The quantitative estimate of drug-likeness (QED) is 0.587. The first-order chi connectivity index (χ1) is 9.47. The minimum atomic E-state index is -0.287. The molecule has 1 aromatic rings. The molecule has 0 bridgehead atoms. The van der Waals surface area contributed by atoms with E-state index in [-0.39, 0.29) is 22.6 Å². The van der Waals surface area contributed by atoms with E-state index in [1.165, 1.54) is 0 Å². The van der Waals surface area contributed by atoms with Gasteiger partial charge in [-0.2, -0.15) is 5.10 Å². The number of aromatic nitrogens is 2. The number of hydrogen-bond acceptors (Lipinski definition) is 4. The molecule has 1 aromatic heterocycles.